The molecule has 12 heteroatoms. The first-order valence-corrected chi connectivity index (χ1v) is 17.3. The van der Waals surface area contributed by atoms with E-state index in [9.17, 15) is 19.5 Å². The van der Waals surface area contributed by atoms with Crippen LogP contribution in [-0.4, -0.2) is 94.4 Å². The number of carboxylic acids is 1. The number of carbonyl (C=O) groups is 3. The number of fused-ring (bicyclic) bond motifs is 3. The summed E-state index contributed by atoms with van der Waals surface area (Å²) in [6, 6.07) is 10.4. The molecule has 2 amide bonds. The number of para-hydroxylation sites is 1. The van der Waals surface area contributed by atoms with Crippen molar-refractivity contribution in [1.29, 1.82) is 0 Å². The molecule has 0 spiro atoms. The van der Waals surface area contributed by atoms with E-state index in [1.54, 1.807) is 6.20 Å². The number of likely N-dealkylation sites (tertiary alicyclic amines) is 2. The molecular weight excluding hydrogens is 639 g/mol. The fourth-order valence-corrected chi connectivity index (χ4v) is 8.49. The third-order valence-electron chi connectivity index (χ3n) is 10.8. The zero-order valence-corrected chi connectivity index (χ0v) is 27.8. The Hall–Kier alpha value is -3.51. The van der Waals surface area contributed by atoms with Crippen molar-refractivity contribution >= 4 is 46.0 Å². The van der Waals surface area contributed by atoms with Gasteiger partial charge in [0.15, 0.2) is 0 Å². The molecule has 2 aromatic carbocycles. The Morgan fingerprint density at radius 3 is 2.62 bits per heavy atom. The zero-order valence-electron chi connectivity index (χ0n) is 27.1. The molecule has 3 saturated heterocycles. The van der Waals surface area contributed by atoms with E-state index in [1.807, 2.05) is 40.8 Å². The second-order valence-corrected chi connectivity index (χ2v) is 14.4. The van der Waals surface area contributed by atoms with Crippen molar-refractivity contribution in [3.63, 3.8) is 0 Å². The average Bonchev–Trinajstić information content (AvgIpc) is 3.75. The van der Waals surface area contributed by atoms with Crippen LogP contribution in [0.15, 0.2) is 42.6 Å². The van der Waals surface area contributed by atoms with Crippen LogP contribution in [0.25, 0.3) is 10.9 Å². The largest absolute Gasteiger partial charge is 0.481 e. The van der Waals surface area contributed by atoms with Crippen LogP contribution in [0.1, 0.15) is 54.4 Å². The Kier molecular flexibility index (Phi) is 9.47. The summed E-state index contributed by atoms with van der Waals surface area (Å²) in [5, 5.41) is 13.0. The van der Waals surface area contributed by atoms with Crippen LogP contribution in [0.3, 0.4) is 0 Å². The standard InChI is InChI=1S/C36H42ClFN4O6/c1-40-17-29(28-4-2-3-5-33(28)40)35(44)39-32-14-31(38)23(11-30(32)37)12-34(43)42-16-24(41-15-21-10-25(41)19-47-18-21)13-26(42)20-48-27-8-6-22(7-9-27)36(45)46/h2-5,11,14,17,21-22,24-27H,6-10,12-13,15-16,18-20H2,1H3,(H,39,44)(H,45,46)/t21?,22?,24-,25?,26-,27?/m0/s1. The Labute approximate surface area is 284 Å². The maximum absolute atomic E-state index is 15.6. The van der Waals surface area contributed by atoms with Crippen molar-refractivity contribution in [2.24, 2.45) is 18.9 Å². The number of aliphatic carboxylic acids is 1. The summed E-state index contributed by atoms with van der Waals surface area (Å²) in [6.45, 7) is 3.29. The minimum atomic E-state index is -0.753. The lowest BCUT2D eigenvalue weighted by molar-refractivity contribution is -0.144. The fraction of sp³-hybridized carbons (Fsp3) is 0.528. The summed E-state index contributed by atoms with van der Waals surface area (Å²) in [4.78, 5) is 42.8. The number of carbonyl (C=O) groups excluding carboxylic acids is 2. The van der Waals surface area contributed by atoms with Crippen LogP contribution < -0.4 is 5.32 Å². The normalized spacial score (nSPS) is 27.4. The topological polar surface area (TPSA) is 113 Å². The summed E-state index contributed by atoms with van der Waals surface area (Å²) < 4.78 is 29.5. The Morgan fingerprint density at radius 1 is 1.06 bits per heavy atom. The minimum absolute atomic E-state index is 0.0381. The van der Waals surface area contributed by atoms with E-state index in [4.69, 9.17) is 21.1 Å². The highest BCUT2D eigenvalue weighted by Crippen LogP contribution is 2.36. The van der Waals surface area contributed by atoms with E-state index in [2.05, 4.69) is 10.2 Å². The molecule has 1 saturated carbocycles. The number of hydrogen-bond donors (Lipinski definition) is 2. The molecular formula is C36H42ClFN4O6. The molecule has 2 N–H and O–H groups in total. The highest BCUT2D eigenvalue weighted by Gasteiger charge is 2.45. The van der Waals surface area contributed by atoms with Crippen LogP contribution in [-0.2, 0) is 32.5 Å². The second-order valence-electron chi connectivity index (χ2n) is 13.9. The van der Waals surface area contributed by atoms with Gasteiger partial charge < -0.3 is 29.4 Å². The lowest BCUT2D eigenvalue weighted by atomic mass is 9.87. The van der Waals surface area contributed by atoms with Crippen molar-refractivity contribution in [3.05, 3.63) is 64.6 Å². The molecule has 2 unspecified atom stereocenters. The van der Waals surface area contributed by atoms with E-state index >= 15 is 4.39 Å². The molecule has 2 bridgehead atoms. The first-order valence-electron chi connectivity index (χ1n) is 16.9. The van der Waals surface area contributed by atoms with Gasteiger partial charge in [0.05, 0.1) is 60.6 Å². The third kappa shape index (κ3) is 6.70. The van der Waals surface area contributed by atoms with Crippen LogP contribution in [0.2, 0.25) is 5.02 Å². The second kappa shape index (κ2) is 13.8. The minimum Gasteiger partial charge on any atom is -0.481 e. The van der Waals surface area contributed by atoms with Gasteiger partial charge in [0.2, 0.25) is 5.91 Å². The van der Waals surface area contributed by atoms with E-state index in [-0.39, 0.29) is 52.7 Å². The van der Waals surface area contributed by atoms with Crippen LogP contribution in [0.5, 0.6) is 0 Å². The number of rotatable bonds is 9. The molecule has 1 aromatic heterocycles. The van der Waals surface area contributed by atoms with Crippen LogP contribution >= 0.6 is 11.6 Å². The van der Waals surface area contributed by atoms with Crippen molar-refractivity contribution < 1.29 is 33.4 Å². The maximum Gasteiger partial charge on any atom is 0.306 e. The van der Waals surface area contributed by atoms with Crippen LogP contribution in [0, 0.1) is 17.7 Å². The van der Waals surface area contributed by atoms with Gasteiger partial charge in [-0.05, 0) is 68.2 Å². The molecule has 0 radical (unpaired) electrons. The van der Waals surface area contributed by atoms with E-state index < -0.39 is 17.7 Å². The number of nitrogens with zero attached hydrogens (tertiary/aromatic N) is 3. The monoisotopic (exact) mass is 680 g/mol. The van der Waals surface area contributed by atoms with E-state index in [0.29, 0.717) is 63.0 Å². The predicted octanol–water partition coefficient (Wildman–Crippen LogP) is 5.12. The molecule has 4 heterocycles. The zero-order chi connectivity index (χ0) is 33.5. The lowest BCUT2D eigenvalue weighted by Crippen LogP contribution is -2.43. The molecule has 256 valence electrons. The highest BCUT2D eigenvalue weighted by molar-refractivity contribution is 6.34. The third-order valence-corrected chi connectivity index (χ3v) is 11.1. The van der Waals surface area contributed by atoms with E-state index in [1.165, 1.54) is 12.1 Å². The number of benzene rings is 2. The van der Waals surface area contributed by atoms with Gasteiger partial charge in [-0.25, -0.2) is 4.39 Å². The molecule has 4 atom stereocenters. The highest BCUT2D eigenvalue weighted by atomic mass is 35.5. The number of carboxylic acid groups (broad SMARTS) is 1. The number of aryl methyl sites for hydroxylation is 1. The van der Waals surface area contributed by atoms with Crippen LogP contribution in [0.4, 0.5) is 10.1 Å². The van der Waals surface area contributed by atoms with Gasteiger partial charge in [0.1, 0.15) is 5.82 Å². The van der Waals surface area contributed by atoms with Gasteiger partial charge in [0.25, 0.3) is 5.91 Å². The van der Waals surface area contributed by atoms with Crippen molar-refractivity contribution in [1.82, 2.24) is 14.4 Å². The maximum atomic E-state index is 15.6. The van der Waals surface area contributed by atoms with Crippen molar-refractivity contribution in [3.8, 4) is 0 Å². The first kappa shape index (κ1) is 33.0. The summed E-state index contributed by atoms with van der Waals surface area (Å²) in [6.07, 6.45) is 5.91. The smallest absolute Gasteiger partial charge is 0.306 e. The number of anilines is 1. The Balaban J connectivity index is 1.04. The average molecular weight is 681 g/mol. The van der Waals surface area contributed by atoms with Gasteiger partial charge in [-0.15, -0.1) is 0 Å². The van der Waals surface area contributed by atoms with Gasteiger partial charge in [-0.1, -0.05) is 29.8 Å². The number of nitrogens with one attached hydrogen (secondary N) is 1. The van der Waals surface area contributed by atoms with Crippen molar-refractivity contribution in [2.45, 2.75) is 69.2 Å². The molecule has 4 aliphatic rings. The molecule has 3 aliphatic heterocycles. The fourth-order valence-electron chi connectivity index (χ4n) is 8.26. The lowest BCUT2D eigenvalue weighted by Gasteiger charge is -2.30. The predicted molar refractivity (Wildman–Crippen MR) is 179 cm³/mol. The number of ether oxygens (including phenoxy) is 2. The molecule has 1 aliphatic carbocycles. The van der Waals surface area contributed by atoms with Gasteiger partial charge in [-0.3, -0.25) is 19.3 Å². The summed E-state index contributed by atoms with van der Waals surface area (Å²) in [7, 11) is 1.86. The Morgan fingerprint density at radius 2 is 1.85 bits per heavy atom. The first-order chi connectivity index (χ1) is 23.1. The van der Waals surface area contributed by atoms with Gasteiger partial charge >= 0.3 is 5.97 Å². The molecule has 3 aromatic rings. The summed E-state index contributed by atoms with van der Waals surface area (Å²) in [5.74, 6) is -1.81. The van der Waals surface area contributed by atoms with Gasteiger partial charge in [0, 0.05) is 49.3 Å². The number of hydrogen-bond acceptors (Lipinski definition) is 6. The quantitative estimate of drug-likeness (QED) is 0.323. The molecule has 7 rings (SSSR count). The summed E-state index contributed by atoms with van der Waals surface area (Å²) in [5.41, 5.74) is 1.64. The number of amides is 2. The number of halogens is 2. The number of aromatic nitrogens is 1. The van der Waals surface area contributed by atoms with Crippen molar-refractivity contribution in [2.75, 3.05) is 38.2 Å². The molecule has 4 fully saturated rings. The summed E-state index contributed by atoms with van der Waals surface area (Å²) >= 11 is 6.57. The van der Waals surface area contributed by atoms with E-state index in [0.717, 1.165) is 36.9 Å². The SMILES string of the molecule is Cn1cc(C(=O)Nc2cc(F)c(CC(=O)N3C[C@@H](N4CC5COCC4C5)C[C@H]3COC3CCC(C(=O)O)CC3)cc2Cl)c2ccccc21. The van der Waals surface area contributed by atoms with Gasteiger partial charge in [-0.2, -0.15) is 0 Å². The molecule has 10 nitrogen and oxygen atoms in total. The molecule has 48 heavy (non-hydrogen) atoms. The Bertz CT molecular complexity index is 1710.